The third-order valence-electron chi connectivity index (χ3n) is 0.352. The first kappa shape index (κ1) is 6.70. The fourth-order valence-electron chi connectivity index (χ4n) is 0.125. The molecule has 1 unspecified atom stereocenters. The lowest BCUT2D eigenvalue weighted by Crippen LogP contribution is -1.95. The van der Waals surface area contributed by atoms with Gasteiger partial charge in [-0.1, -0.05) is 0 Å². The zero-order chi connectivity index (χ0) is 5.70. The molecule has 0 N–H and O–H groups in total. The minimum atomic E-state index is -0.610. The van der Waals surface area contributed by atoms with Crippen molar-refractivity contribution in [2.75, 3.05) is 13.8 Å². The highest BCUT2D eigenvalue weighted by Gasteiger charge is 1.93. The summed E-state index contributed by atoms with van der Waals surface area (Å²) in [4.78, 5) is 9.97. The van der Waals surface area contributed by atoms with Gasteiger partial charge < -0.3 is 9.26 Å². The molecule has 7 heavy (non-hydrogen) atoms. The smallest absolute Gasteiger partial charge is 0.437 e. The van der Waals surface area contributed by atoms with Gasteiger partial charge in [0.1, 0.15) is 0 Å². The predicted molar refractivity (Wildman–Crippen MR) is 27.7 cm³/mol. The second-order valence-corrected chi connectivity index (χ2v) is 1.37. The summed E-state index contributed by atoms with van der Waals surface area (Å²) in [6.45, 7) is 1.75. The van der Waals surface area contributed by atoms with E-state index in [1.165, 1.54) is 7.11 Å². The van der Waals surface area contributed by atoms with E-state index in [0.717, 1.165) is 0 Å². The highest BCUT2D eigenvalue weighted by Crippen LogP contribution is 2.04. The van der Waals surface area contributed by atoms with E-state index in [2.05, 4.69) is 9.26 Å². The Labute approximate surface area is 43.9 Å². The number of methoxy groups -OCH3 is 1. The Morgan fingerprint density at radius 1 is 1.71 bits per heavy atom. The van der Waals surface area contributed by atoms with Crippen molar-refractivity contribution >= 4 is 15.0 Å². The van der Waals surface area contributed by atoms with Crippen molar-refractivity contribution in [2.24, 2.45) is 0 Å². The van der Waals surface area contributed by atoms with E-state index in [0.29, 0.717) is 0 Å². The Morgan fingerprint density at radius 3 is 2.43 bits per heavy atom. The van der Waals surface area contributed by atoms with E-state index < -0.39 is 6.16 Å². The topological polar surface area (TPSA) is 35.5 Å². The van der Waals surface area contributed by atoms with E-state index in [-0.39, 0.29) is 8.81 Å². The summed E-state index contributed by atoms with van der Waals surface area (Å²) in [6, 6.07) is 0. The van der Waals surface area contributed by atoms with Gasteiger partial charge in [-0.15, -0.1) is 0 Å². The summed E-state index contributed by atoms with van der Waals surface area (Å²) >= 11 is 0. The molecule has 0 aliphatic carbocycles. The van der Waals surface area contributed by atoms with Crippen molar-refractivity contribution in [3.05, 3.63) is 0 Å². The third-order valence-corrected chi connectivity index (χ3v) is 0.723. The molecule has 0 bridgehead atoms. The number of rotatable bonds is 1. The van der Waals surface area contributed by atoms with Crippen LogP contribution in [0.15, 0.2) is 0 Å². The van der Waals surface area contributed by atoms with Gasteiger partial charge in [0.2, 0.25) is 0 Å². The summed E-state index contributed by atoms with van der Waals surface area (Å²) in [7, 11) is 1.45. The van der Waals surface area contributed by atoms with Crippen LogP contribution in [0.25, 0.3) is 0 Å². The SMILES string of the molecule is COC(=O)OPC. The van der Waals surface area contributed by atoms with Gasteiger partial charge in [0.25, 0.3) is 0 Å². The van der Waals surface area contributed by atoms with Crippen molar-refractivity contribution in [1.82, 2.24) is 0 Å². The molecule has 0 aromatic carbocycles. The molecule has 0 aromatic heterocycles. The van der Waals surface area contributed by atoms with Gasteiger partial charge in [0.15, 0.2) is 0 Å². The van der Waals surface area contributed by atoms with Crippen LogP contribution in [-0.4, -0.2) is 19.9 Å². The van der Waals surface area contributed by atoms with Gasteiger partial charge in [-0.3, -0.25) is 0 Å². The summed E-state index contributed by atoms with van der Waals surface area (Å²) in [6.07, 6.45) is -0.610. The van der Waals surface area contributed by atoms with E-state index in [1.807, 2.05) is 0 Å². The molecule has 0 heterocycles. The number of hydrogen-bond acceptors (Lipinski definition) is 3. The molecule has 0 saturated heterocycles. The van der Waals surface area contributed by atoms with Crippen LogP contribution in [0.2, 0.25) is 0 Å². The molecule has 3 nitrogen and oxygen atoms in total. The molecule has 42 valence electrons. The molecule has 0 aliphatic rings. The van der Waals surface area contributed by atoms with Gasteiger partial charge in [0.05, 0.1) is 15.9 Å². The van der Waals surface area contributed by atoms with Gasteiger partial charge in [-0.05, 0) is 6.66 Å². The first-order valence-corrected chi connectivity index (χ1v) is 3.13. The molecule has 0 aromatic rings. The monoisotopic (exact) mass is 122 g/mol. The van der Waals surface area contributed by atoms with Crippen LogP contribution >= 0.6 is 8.81 Å². The molecule has 0 rings (SSSR count). The van der Waals surface area contributed by atoms with Gasteiger partial charge in [0, 0.05) is 0 Å². The van der Waals surface area contributed by atoms with Crippen molar-refractivity contribution in [3.8, 4) is 0 Å². The van der Waals surface area contributed by atoms with E-state index in [4.69, 9.17) is 0 Å². The van der Waals surface area contributed by atoms with Gasteiger partial charge in [-0.25, -0.2) is 4.79 Å². The second kappa shape index (κ2) is 3.88. The van der Waals surface area contributed by atoms with E-state index in [1.54, 1.807) is 6.66 Å². The Hall–Kier alpha value is -0.300. The fraction of sp³-hybridized carbons (Fsp3) is 0.667. The highest BCUT2D eigenvalue weighted by molar-refractivity contribution is 7.31. The van der Waals surface area contributed by atoms with Crippen molar-refractivity contribution in [2.45, 2.75) is 0 Å². The van der Waals surface area contributed by atoms with Crippen LogP contribution < -0.4 is 0 Å². The lowest BCUT2D eigenvalue weighted by Gasteiger charge is -1.94. The number of hydrogen-bond donors (Lipinski definition) is 0. The maximum atomic E-state index is 9.97. The summed E-state index contributed by atoms with van der Waals surface area (Å²) in [5, 5.41) is 0. The van der Waals surface area contributed by atoms with Crippen LogP contribution in [0.3, 0.4) is 0 Å². The molecular weight excluding hydrogens is 115 g/mol. The van der Waals surface area contributed by atoms with Crippen LogP contribution in [0, 0.1) is 0 Å². The molecule has 0 spiro atoms. The van der Waals surface area contributed by atoms with Gasteiger partial charge in [-0.2, -0.15) is 0 Å². The Kier molecular flexibility index (Phi) is 3.71. The molecule has 0 aliphatic heterocycles. The maximum absolute atomic E-state index is 9.97. The molecule has 0 radical (unpaired) electrons. The zero-order valence-corrected chi connectivity index (χ0v) is 5.22. The average Bonchev–Trinajstić information content (AvgIpc) is 1.68. The van der Waals surface area contributed by atoms with Gasteiger partial charge >= 0.3 is 6.16 Å². The summed E-state index contributed by atoms with van der Waals surface area (Å²) < 4.78 is 8.49. The number of carbonyl (C=O) groups excluding carboxylic acids is 1. The minimum Gasteiger partial charge on any atom is -0.437 e. The quantitative estimate of drug-likeness (QED) is 0.384. The minimum absolute atomic E-state index is 0.170. The molecule has 0 saturated carbocycles. The number of ether oxygens (including phenoxy) is 1. The van der Waals surface area contributed by atoms with E-state index >= 15 is 0 Å². The first-order valence-electron chi connectivity index (χ1n) is 1.72. The summed E-state index contributed by atoms with van der Waals surface area (Å²) in [5.74, 6) is 0. The molecule has 1 atom stereocenters. The fourth-order valence-corrected chi connectivity index (χ4v) is 0.375. The zero-order valence-electron chi connectivity index (χ0n) is 4.22. The Bertz CT molecular complexity index is 63.2. The summed E-state index contributed by atoms with van der Waals surface area (Å²) in [5.41, 5.74) is 0. The standard InChI is InChI=1S/C3H7O3P/c1-5-3(4)6-7-2/h7H,1-2H3. The molecule has 4 heteroatoms. The van der Waals surface area contributed by atoms with Crippen molar-refractivity contribution in [3.63, 3.8) is 0 Å². The largest absolute Gasteiger partial charge is 0.510 e. The average molecular weight is 122 g/mol. The Balaban J connectivity index is 3.00. The van der Waals surface area contributed by atoms with Crippen LogP contribution in [0.5, 0.6) is 0 Å². The molecule has 0 fully saturated rings. The van der Waals surface area contributed by atoms with Crippen molar-refractivity contribution < 1.29 is 14.1 Å². The van der Waals surface area contributed by atoms with E-state index in [9.17, 15) is 4.79 Å². The van der Waals surface area contributed by atoms with Crippen LogP contribution in [0.1, 0.15) is 0 Å². The first-order chi connectivity index (χ1) is 3.31. The normalized spacial score (nSPS) is 9.43. The van der Waals surface area contributed by atoms with Crippen LogP contribution in [0.4, 0.5) is 4.79 Å². The molecular formula is C3H7O3P. The number of carbonyl (C=O) groups is 1. The maximum Gasteiger partial charge on any atom is 0.510 e. The molecule has 0 amide bonds. The second-order valence-electron chi connectivity index (χ2n) is 0.760. The lowest BCUT2D eigenvalue weighted by atomic mass is 11.4. The predicted octanol–water partition coefficient (Wildman–Crippen LogP) is 0.993. The third kappa shape index (κ3) is 3.53. The lowest BCUT2D eigenvalue weighted by molar-refractivity contribution is 0.128. The van der Waals surface area contributed by atoms with Crippen molar-refractivity contribution in [1.29, 1.82) is 0 Å². The highest BCUT2D eigenvalue weighted by atomic mass is 31.1. The Morgan fingerprint density at radius 2 is 2.29 bits per heavy atom. The van der Waals surface area contributed by atoms with Crippen LogP contribution in [-0.2, 0) is 9.26 Å².